The number of rotatable bonds is 9. The quantitative estimate of drug-likeness (QED) is 0.316. The third-order valence-electron chi connectivity index (χ3n) is 6.49. The summed E-state index contributed by atoms with van der Waals surface area (Å²) in [7, 11) is 0. The van der Waals surface area contributed by atoms with E-state index in [1.807, 2.05) is 30.8 Å². The summed E-state index contributed by atoms with van der Waals surface area (Å²) in [5.41, 5.74) is 7.24. The van der Waals surface area contributed by atoms with Gasteiger partial charge in [0.25, 0.3) is 5.91 Å². The molecule has 1 saturated carbocycles. The number of hydrogen-bond donors (Lipinski definition) is 1. The lowest BCUT2D eigenvalue weighted by Crippen LogP contribution is -2.22. The van der Waals surface area contributed by atoms with Crippen LogP contribution in [-0.2, 0) is 11.2 Å². The van der Waals surface area contributed by atoms with Gasteiger partial charge >= 0.3 is 0 Å². The Balaban J connectivity index is 0.000000170. The molecule has 0 radical (unpaired) electrons. The van der Waals surface area contributed by atoms with Crippen molar-refractivity contribution in [1.82, 2.24) is 14.7 Å². The van der Waals surface area contributed by atoms with Crippen molar-refractivity contribution >= 4 is 34.2 Å². The Kier molecular flexibility index (Phi) is 8.64. The van der Waals surface area contributed by atoms with Gasteiger partial charge in [0, 0.05) is 23.2 Å². The fourth-order valence-corrected chi connectivity index (χ4v) is 4.50. The fraction of sp³-hybridized carbons (Fsp3) is 0.464. The standard InChI is InChI=1S/C16H22ClNO.C12H13N3O2/c17-15-12-13(4-3-11-18-9-1-2-10-18)5-8-16(15)19-14-6-7-14;1-7(2)15-6-9-4-3-8(5-10(9)14-15)11(16)12(13)17/h5,8,12,14H,1-4,6-7,9-11H2;3-7H,1-2H3,(H2,13,17). The average Bonchev–Trinajstić information content (AvgIpc) is 3.32. The van der Waals surface area contributed by atoms with Crippen LogP contribution < -0.4 is 10.5 Å². The number of aromatic nitrogens is 2. The van der Waals surface area contributed by atoms with Gasteiger partial charge in [-0.05, 0) is 95.8 Å². The van der Waals surface area contributed by atoms with Crippen LogP contribution in [0.15, 0.2) is 42.6 Å². The molecule has 1 aliphatic carbocycles. The number of amides is 1. The van der Waals surface area contributed by atoms with Gasteiger partial charge in [-0.3, -0.25) is 14.3 Å². The van der Waals surface area contributed by atoms with Crippen LogP contribution in [0.5, 0.6) is 5.75 Å². The zero-order valence-electron chi connectivity index (χ0n) is 21.1. The highest BCUT2D eigenvalue weighted by Crippen LogP contribution is 2.32. The second kappa shape index (κ2) is 11.9. The average molecular weight is 511 g/mol. The first kappa shape index (κ1) is 26.2. The minimum atomic E-state index is -0.951. The van der Waals surface area contributed by atoms with Crippen LogP contribution in [0.2, 0.25) is 5.02 Å². The van der Waals surface area contributed by atoms with Crippen molar-refractivity contribution in [1.29, 1.82) is 0 Å². The highest BCUT2D eigenvalue weighted by molar-refractivity contribution is 6.42. The second-order valence-electron chi connectivity index (χ2n) is 9.90. The molecule has 5 rings (SSSR count). The molecule has 1 aromatic heterocycles. The van der Waals surface area contributed by atoms with Crippen molar-refractivity contribution < 1.29 is 14.3 Å². The summed E-state index contributed by atoms with van der Waals surface area (Å²) in [5.74, 6) is -0.786. The Hall–Kier alpha value is -2.90. The summed E-state index contributed by atoms with van der Waals surface area (Å²) in [4.78, 5) is 24.8. The van der Waals surface area contributed by atoms with Crippen LogP contribution in [0.4, 0.5) is 0 Å². The number of carbonyl (C=O) groups is 2. The summed E-state index contributed by atoms with van der Waals surface area (Å²) in [6.07, 6.45) is 9.75. The van der Waals surface area contributed by atoms with Crippen molar-refractivity contribution in [2.24, 2.45) is 5.73 Å². The van der Waals surface area contributed by atoms with Crippen LogP contribution in [0, 0.1) is 0 Å². The number of nitrogens with two attached hydrogens (primary N) is 1. The first-order valence-electron chi connectivity index (χ1n) is 12.8. The number of carbonyl (C=O) groups excluding carboxylic acids is 2. The molecule has 3 aromatic rings. The number of likely N-dealkylation sites (tertiary alicyclic amines) is 1. The van der Waals surface area contributed by atoms with Crippen LogP contribution in [0.25, 0.3) is 10.9 Å². The first-order valence-corrected chi connectivity index (χ1v) is 13.2. The Morgan fingerprint density at radius 2 is 1.89 bits per heavy atom. The molecule has 8 heteroatoms. The molecule has 2 aromatic carbocycles. The number of fused-ring (bicyclic) bond motifs is 1. The normalized spacial score (nSPS) is 15.7. The van der Waals surface area contributed by atoms with Crippen molar-refractivity contribution in [3.05, 3.63) is 58.7 Å². The number of ether oxygens (including phenoxy) is 1. The summed E-state index contributed by atoms with van der Waals surface area (Å²) in [6.45, 7) is 7.82. The minimum Gasteiger partial charge on any atom is -0.489 e. The molecule has 192 valence electrons. The molecule has 2 heterocycles. The summed E-state index contributed by atoms with van der Waals surface area (Å²) >= 11 is 6.27. The van der Waals surface area contributed by atoms with E-state index < -0.39 is 11.7 Å². The third-order valence-corrected chi connectivity index (χ3v) is 6.79. The maximum atomic E-state index is 11.4. The maximum absolute atomic E-state index is 11.4. The SMILES string of the molecule is CC(C)n1cc2ccc(C(=O)C(N)=O)cc2n1.Clc1cc(CCCN2CCCC2)ccc1OC1CC1. The zero-order valence-corrected chi connectivity index (χ0v) is 21.8. The molecule has 36 heavy (non-hydrogen) atoms. The molecule has 2 fully saturated rings. The van der Waals surface area contributed by atoms with E-state index in [-0.39, 0.29) is 11.6 Å². The Bertz CT molecular complexity index is 1210. The van der Waals surface area contributed by atoms with E-state index in [4.69, 9.17) is 22.1 Å². The molecule has 0 spiro atoms. The number of benzene rings is 2. The van der Waals surface area contributed by atoms with E-state index in [0.29, 0.717) is 11.6 Å². The molecule has 0 atom stereocenters. The van der Waals surface area contributed by atoms with Crippen LogP contribution >= 0.6 is 11.6 Å². The van der Waals surface area contributed by atoms with Gasteiger partial charge in [-0.25, -0.2) is 0 Å². The Morgan fingerprint density at radius 3 is 2.53 bits per heavy atom. The van der Waals surface area contributed by atoms with E-state index >= 15 is 0 Å². The predicted molar refractivity (Wildman–Crippen MR) is 143 cm³/mol. The number of primary amides is 1. The summed E-state index contributed by atoms with van der Waals surface area (Å²) in [6, 6.07) is 11.4. The van der Waals surface area contributed by atoms with Gasteiger partial charge in [0.1, 0.15) is 5.75 Å². The van der Waals surface area contributed by atoms with Gasteiger partial charge in [-0.1, -0.05) is 29.8 Å². The molecule has 1 saturated heterocycles. The molecule has 2 N–H and O–H groups in total. The van der Waals surface area contributed by atoms with E-state index in [0.717, 1.165) is 22.6 Å². The fourth-order valence-electron chi connectivity index (χ4n) is 4.26. The van der Waals surface area contributed by atoms with E-state index in [1.54, 1.807) is 18.2 Å². The topological polar surface area (TPSA) is 90.5 Å². The molecule has 7 nitrogen and oxygen atoms in total. The van der Waals surface area contributed by atoms with E-state index in [2.05, 4.69) is 22.1 Å². The number of halogens is 1. The van der Waals surface area contributed by atoms with E-state index in [1.165, 1.54) is 57.3 Å². The molecule has 0 bridgehead atoms. The molecule has 1 aliphatic heterocycles. The second-order valence-corrected chi connectivity index (χ2v) is 10.3. The Labute approximate surface area is 217 Å². The number of aryl methyl sites for hydroxylation is 1. The Morgan fingerprint density at radius 1 is 1.14 bits per heavy atom. The minimum absolute atomic E-state index is 0.248. The predicted octanol–water partition coefficient (Wildman–Crippen LogP) is 5.19. The molecule has 1 amide bonds. The number of ketones is 1. The summed E-state index contributed by atoms with van der Waals surface area (Å²) in [5, 5.41) is 6.03. The van der Waals surface area contributed by atoms with Crippen molar-refractivity contribution in [2.45, 2.75) is 64.5 Å². The highest BCUT2D eigenvalue weighted by Gasteiger charge is 2.24. The highest BCUT2D eigenvalue weighted by atomic mass is 35.5. The molecular formula is C28H35ClN4O3. The van der Waals surface area contributed by atoms with Crippen molar-refractivity contribution in [3.63, 3.8) is 0 Å². The largest absolute Gasteiger partial charge is 0.489 e. The third kappa shape index (κ3) is 7.08. The van der Waals surface area contributed by atoms with Crippen molar-refractivity contribution in [2.75, 3.05) is 19.6 Å². The molecule has 2 aliphatic rings. The number of hydrogen-bond acceptors (Lipinski definition) is 5. The van der Waals surface area contributed by atoms with E-state index in [9.17, 15) is 9.59 Å². The maximum Gasteiger partial charge on any atom is 0.289 e. The van der Waals surface area contributed by atoms with Gasteiger partial charge in [0.2, 0.25) is 5.78 Å². The lowest BCUT2D eigenvalue weighted by atomic mass is 10.1. The van der Waals surface area contributed by atoms with Crippen LogP contribution in [-0.4, -0.2) is 52.1 Å². The molecular weight excluding hydrogens is 476 g/mol. The number of nitrogens with zero attached hydrogens (tertiary/aromatic N) is 3. The molecule has 0 unspecified atom stereocenters. The van der Waals surface area contributed by atoms with Crippen molar-refractivity contribution in [3.8, 4) is 5.75 Å². The monoisotopic (exact) mass is 510 g/mol. The zero-order chi connectivity index (χ0) is 25.7. The lowest BCUT2D eigenvalue weighted by molar-refractivity contribution is -0.114. The van der Waals surface area contributed by atoms with Gasteiger partial charge < -0.3 is 15.4 Å². The van der Waals surface area contributed by atoms with Gasteiger partial charge in [-0.15, -0.1) is 0 Å². The van der Waals surface area contributed by atoms with Gasteiger partial charge in [-0.2, -0.15) is 5.10 Å². The first-order chi connectivity index (χ1) is 17.3. The van der Waals surface area contributed by atoms with Gasteiger partial charge in [0.05, 0.1) is 16.6 Å². The smallest absolute Gasteiger partial charge is 0.289 e. The lowest BCUT2D eigenvalue weighted by Gasteiger charge is -2.14. The summed E-state index contributed by atoms with van der Waals surface area (Å²) < 4.78 is 7.57. The van der Waals surface area contributed by atoms with Crippen LogP contribution in [0.1, 0.15) is 67.9 Å². The number of Topliss-reactive ketones (excluding diaryl/α,β-unsaturated/α-hetero) is 1. The van der Waals surface area contributed by atoms with Crippen LogP contribution in [0.3, 0.4) is 0 Å². The van der Waals surface area contributed by atoms with Gasteiger partial charge in [0.15, 0.2) is 0 Å².